The Hall–Kier alpha value is -1.47. The molecular weight excluding hydrogens is 270 g/mol. The van der Waals surface area contributed by atoms with E-state index >= 15 is 0 Å². The molecule has 0 aliphatic carbocycles. The summed E-state index contributed by atoms with van der Waals surface area (Å²) in [4.78, 5) is 18.6. The summed E-state index contributed by atoms with van der Waals surface area (Å²) in [5.74, 6) is 1.87. The van der Waals surface area contributed by atoms with Gasteiger partial charge in [0.2, 0.25) is 11.8 Å². The molecule has 1 saturated heterocycles. The minimum absolute atomic E-state index is 0.0478. The molecule has 7 heteroatoms. The van der Waals surface area contributed by atoms with E-state index in [0.717, 1.165) is 25.3 Å². The molecule has 0 spiro atoms. The van der Waals surface area contributed by atoms with Gasteiger partial charge in [-0.15, -0.1) is 0 Å². The summed E-state index contributed by atoms with van der Waals surface area (Å²) < 4.78 is 5.30. The minimum atomic E-state index is -0.181. The van der Waals surface area contributed by atoms with Crippen LogP contribution in [0.1, 0.15) is 32.5 Å². The van der Waals surface area contributed by atoms with Crippen molar-refractivity contribution in [3.05, 3.63) is 11.7 Å². The number of rotatable bonds is 6. The van der Waals surface area contributed by atoms with Gasteiger partial charge in [0, 0.05) is 32.6 Å². The second-order valence-electron chi connectivity index (χ2n) is 5.79. The molecular formula is C14H25N5O2. The van der Waals surface area contributed by atoms with E-state index < -0.39 is 0 Å². The molecule has 0 aromatic carbocycles. The van der Waals surface area contributed by atoms with Crippen LogP contribution >= 0.6 is 0 Å². The molecule has 1 amide bonds. The van der Waals surface area contributed by atoms with Gasteiger partial charge in [0.25, 0.3) is 0 Å². The first kappa shape index (κ1) is 15.9. The molecule has 1 aliphatic heterocycles. The zero-order chi connectivity index (χ0) is 15.2. The molecule has 2 rings (SSSR count). The van der Waals surface area contributed by atoms with Crippen LogP contribution < -0.4 is 10.6 Å². The molecule has 0 saturated carbocycles. The molecule has 1 atom stereocenters. The summed E-state index contributed by atoms with van der Waals surface area (Å²) >= 11 is 0. The number of aromatic nitrogens is 2. The average molecular weight is 295 g/mol. The summed E-state index contributed by atoms with van der Waals surface area (Å²) in [6.45, 7) is 9.64. The lowest BCUT2D eigenvalue weighted by atomic mass is 10.1. The van der Waals surface area contributed by atoms with Gasteiger partial charge < -0.3 is 15.2 Å². The normalized spacial score (nSPS) is 19.9. The second kappa shape index (κ2) is 7.51. The van der Waals surface area contributed by atoms with Gasteiger partial charge in [-0.2, -0.15) is 4.98 Å². The molecule has 0 bridgehead atoms. The van der Waals surface area contributed by atoms with Crippen molar-refractivity contribution >= 4 is 5.91 Å². The maximum absolute atomic E-state index is 12.1. The highest BCUT2D eigenvalue weighted by Gasteiger charge is 2.29. The summed E-state index contributed by atoms with van der Waals surface area (Å²) in [7, 11) is 0. The lowest BCUT2D eigenvalue weighted by molar-refractivity contribution is -0.127. The number of carbonyl (C=O) groups excluding carboxylic acids is 1. The first-order valence-corrected chi connectivity index (χ1v) is 7.64. The minimum Gasteiger partial charge on any atom is -0.355 e. The maximum Gasteiger partial charge on any atom is 0.240 e. The van der Waals surface area contributed by atoms with Crippen LogP contribution in [0.15, 0.2) is 4.52 Å². The maximum atomic E-state index is 12.1. The van der Waals surface area contributed by atoms with Crippen LogP contribution in [0.2, 0.25) is 0 Å². The Bertz CT molecular complexity index is 460. The zero-order valence-corrected chi connectivity index (χ0v) is 13.1. The first-order chi connectivity index (χ1) is 10.1. The van der Waals surface area contributed by atoms with E-state index in [1.54, 1.807) is 0 Å². The van der Waals surface area contributed by atoms with Gasteiger partial charge >= 0.3 is 0 Å². The number of nitrogens with one attached hydrogen (secondary N) is 2. The smallest absolute Gasteiger partial charge is 0.240 e. The number of likely N-dealkylation sites (N-methyl/N-ethyl adjacent to an activating group) is 1. The van der Waals surface area contributed by atoms with Crippen LogP contribution in [0.5, 0.6) is 0 Å². The van der Waals surface area contributed by atoms with E-state index in [9.17, 15) is 4.79 Å². The average Bonchev–Trinajstić information content (AvgIpc) is 2.86. The van der Waals surface area contributed by atoms with Crippen molar-refractivity contribution < 1.29 is 9.32 Å². The Kier molecular flexibility index (Phi) is 5.69. The van der Waals surface area contributed by atoms with Gasteiger partial charge in [-0.3, -0.25) is 9.69 Å². The predicted molar refractivity (Wildman–Crippen MR) is 78.6 cm³/mol. The molecule has 1 aromatic heterocycles. The van der Waals surface area contributed by atoms with Crippen LogP contribution in [-0.4, -0.2) is 53.2 Å². The Balaban J connectivity index is 1.98. The van der Waals surface area contributed by atoms with Gasteiger partial charge in [-0.1, -0.05) is 19.0 Å². The largest absolute Gasteiger partial charge is 0.355 e. The molecule has 1 aliphatic rings. The highest BCUT2D eigenvalue weighted by molar-refractivity contribution is 5.82. The van der Waals surface area contributed by atoms with Gasteiger partial charge in [-0.05, 0) is 12.8 Å². The number of piperazine rings is 1. The Morgan fingerprint density at radius 1 is 1.57 bits per heavy atom. The van der Waals surface area contributed by atoms with E-state index in [4.69, 9.17) is 4.52 Å². The Labute approximate surface area is 125 Å². The molecule has 2 N–H and O–H groups in total. The van der Waals surface area contributed by atoms with Gasteiger partial charge in [0.1, 0.15) is 6.04 Å². The van der Waals surface area contributed by atoms with E-state index in [-0.39, 0.29) is 11.9 Å². The van der Waals surface area contributed by atoms with E-state index in [2.05, 4.69) is 39.5 Å². The van der Waals surface area contributed by atoms with Crippen molar-refractivity contribution in [3.63, 3.8) is 0 Å². The van der Waals surface area contributed by atoms with Crippen LogP contribution in [-0.2, 0) is 17.8 Å². The molecule has 118 valence electrons. The molecule has 7 nitrogen and oxygen atoms in total. The van der Waals surface area contributed by atoms with Crippen molar-refractivity contribution in [3.8, 4) is 0 Å². The molecule has 0 radical (unpaired) electrons. The van der Waals surface area contributed by atoms with Crippen molar-refractivity contribution in [2.75, 3.05) is 26.2 Å². The summed E-state index contributed by atoms with van der Waals surface area (Å²) in [5, 5.41) is 10.1. The van der Waals surface area contributed by atoms with Crippen molar-refractivity contribution in [2.45, 2.75) is 39.8 Å². The third-order valence-corrected chi connectivity index (χ3v) is 3.45. The molecule has 21 heavy (non-hydrogen) atoms. The highest BCUT2D eigenvalue weighted by Crippen LogP contribution is 2.11. The number of hydrogen-bond acceptors (Lipinski definition) is 6. The quantitative estimate of drug-likeness (QED) is 0.779. The lowest BCUT2D eigenvalue weighted by Crippen LogP contribution is -2.57. The van der Waals surface area contributed by atoms with Crippen molar-refractivity contribution in [1.82, 2.24) is 25.7 Å². The van der Waals surface area contributed by atoms with Crippen LogP contribution in [0.3, 0.4) is 0 Å². The third kappa shape index (κ3) is 4.50. The predicted octanol–water partition coefficient (Wildman–Crippen LogP) is 0.178. The molecule has 1 fully saturated rings. The van der Waals surface area contributed by atoms with Gasteiger partial charge in [0.15, 0.2) is 5.82 Å². The fourth-order valence-electron chi connectivity index (χ4n) is 2.46. The van der Waals surface area contributed by atoms with Gasteiger partial charge in [0.05, 0.1) is 6.54 Å². The summed E-state index contributed by atoms with van der Waals surface area (Å²) in [6.07, 6.45) is 0.810. The third-order valence-electron chi connectivity index (χ3n) is 3.45. The molecule has 1 unspecified atom stereocenters. The first-order valence-electron chi connectivity index (χ1n) is 7.64. The number of hydrogen-bond donors (Lipinski definition) is 2. The number of amides is 1. The SMILES string of the molecule is CCNC(=O)C1CNCCN1Cc1nc(CC(C)C)no1. The van der Waals surface area contributed by atoms with Crippen LogP contribution in [0, 0.1) is 5.92 Å². The monoisotopic (exact) mass is 295 g/mol. The zero-order valence-electron chi connectivity index (χ0n) is 13.1. The van der Waals surface area contributed by atoms with E-state index in [1.807, 2.05) is 6.92 Å². The van der Waals surface area contributed by atoms with Crippen LogP contribution in [0.4, 0.5) is 0 Å². The lowest BCUT2D eigenvalue weighted by Gasteiger charge is -2.33. The van der Waals surface area contributed by atoms with E-state index in [1.165, 1.54) is 0 Å². The Morgan fingerprint density at radius 3 is 3.10 bits per heavy atom. The fraction of sp³-hybridized carbons (Fsp3) is 0.786. The number of nitrogens with zero attached hydrogens (tertiary/aromatic N) is 3. The standard InChI is InChI=1S/C14H25N5O2/c1-4-16-14(20)11-8-15-5-6-19(11)9-13-17-12(18-21-13)7-10(2)3/h10-11,15H,4-9H2,1-3H3,(H,16,20). The molecule has 1 aromatic rings. The molecule has 2 heterocycles. The topological polar surface area (TPSA) is 83.3 Å². The highest BCUT2D eigenvalue weighted by atomic mass is 16.5. The second-order valence-corrected chi connectivity index (χ2v) is 5.79. The van der Waals surface area contributed by atoms with Crippen molar-refractivity contribution in [1.29, 1.82) is 0 Å². The van der Waals surface area contributed by atoms with Gasteiger partial charge in [-0.25, -0.2) is 0 Å². The Morgan fingerprint density at radius 2 is 2.38 bits per heavy atom. The van der Waals surface area contributed by atoms with Crippen molar-refractivity contribution in [2.24, 2.45) is 5.92 Å². The fourth-order valence-corrected chi connectivity index (χ4v) is 2.46. The number of carbonyl (C=O) groups is 1. The van der Waals surface area contributed by atoms with Crippen LogP contribution in [0.25, 0.3) is 0 Å². The summed E-state index contributed by atoms with van der Waals surface area (Å²) in [6, 6.07) is -0.181. The summed E-state index contributed by atoms with van der Waals surface area (Å²) in [5.41, 5.74) is 0. The van der Waals surface area contributed by atoms with E-state index in [0.29, 0.717) is 31.4 Å².